The Hall–Kier alpha value is -1.17. The third-order valence-electron chi connectivity index (χ3n) is 4.18. The Bertz CT molecular complexity index is 568. The molecule has 1 aliphatic heterocycles. The molecule has 3 rings (SSSR count). The van der Waals surface area contributed by atoms with Gasteiger partial charge in [-0.2, -0.15) is 0 Å². The second kappa shape index (κ2) is 7.20. The molecular formula is C16H24N4S. The molecule has 1 fully saturated rings. The fourth-order valence-electron chi connectivity index (χ4n) is 3.02. The van der Waals surface area contributed by atoms with Gasteiger partial charge in [-0.3, -0.25) is 0 Å². The van der Waals surface area contributed by atoms with Crippen molar-refractivity contribution in [2.75, 3.05) is 44.2 Å². The van der Waals surface area contributed by atoms with E-state index in [0.717, 1.165) is 38.4 Å². The van der Waals surface area contributed by atoms with Crippen LogP contribution in [-0.4, -0.2) is 49.2 Å². The van der Waals surface area contributed by atoms with Crippen molar-refractivity contribution in [1.82, 2.24) is 9.88 Å². The highest BCUT2D eigenvalue weighted by atomic mass is 32.1. The van der Waals surface area contributed by atoms with Crippen molar-refractivity contribution in [3.8, 4) is 0 Å². The van der Waals surface area contributed by atoms with Gasteiger partial charge in [-0.1, -0.05) is 0 Å². The second-order valence-corrected chi connectivity index (χ2v) is 6.59. The van der Waals surface area contributed by atoms with Crippen molar-refractivity contribution in [1.29, 1.82) is 0 Å². The predicted octanol–water partition coefficient (Wildman–Crippen LogP) is 2.55. The van der Waals surface area contributed by atoms with Crippen LogP contribution in [0.5, 0.6) is 0 Å². The summed E-state index contributed by atoms with van der Waals surface area (Å²) in [6.45, 7) is 6.50. The van der Waals surface area contributed by atoms with Crippen LogP contribution in [0.4, 0.5) is 5.82 Å². The quantitative estimate of drug-likeness (QED) is 0.862. The van der Waals surface area contributed by atoms with Crippen LogP contribution < -0.4 is 10.6 Å². The van der Waals surface area contributed by atoms with E-state index < -0.39 is 0 Å². The van der Waals surface area contributed by atoms with Crippen LogP contribution in [0, 0.1) is 0 Å². The lowest BCUT2D eigenvalue weighted by Crippen LogP contribution is -2.32. The molecule has 0 spiro atoms. The van der Waals surface area contributed by atoms with Gasteiger partial charge in [-0.05, 0) is 56.4 Å². The van der Waals surface area contributed by atoms with Crippen LogP contribution in [0.3, 0.4) is 0 Å². The third kappa shape index (κ3) is 3.54. The fraction of sp³-hybridized carbons (Fsp3) is 0.562. The maximum Gasteiger partial charge on any atom is 0.137 e. The van der Waals surface area contributed by atoms with Crippen molar-refractivity contribution < 1.29 is 0 Å². The van der Waals surface area contributed by atoms with Gasteiger partial charge in [0.15, 0.2) is 0 Å². The first kappa shape index (κ1) is 14.8. The Balaban J connectivity index is 1.66. The fourth-order valence-corrected chi connectivity index (χ4v) is 3.79. The summed E-state index contributed by atoms with van der Waals surface area (Å²) in [6.07, 6.45) is 5.51. The number of pyridine rings is 1. The van der Waals surface area contributed by atoms with E-state index in [4.69, 9.17) is 5.73 Å². The molecule has 2 N–H and O–H groups in total. The van der Waals surface area contributed by atoms with Crippen LogP contribution in [0.25, 0.3) is 10.1 Å². The number of nitrogens with two attached hydrogens (primary N) is 1. The number of rotatable bonds is 5. The molecule has 0 saturated carbocycles. The van der Waals surface area contributed by atoms with Crippen molar-refractivity contribution >= 4 is 27.2 Å². The minimum absolute atomic E-state index is 0.810. The number of nitrogens with zero attached hydrogens (tertiary/aromatic N) is 3. The molecule has 2 aromatic rings. The van der Waals surface area contributed by atoms with Gasteiger partial charge in [0.1, 0.15) is 5.82 Å². The Morgan fingerprint density at radius 1 is 1.14 bits per heavy atom. The second-order valence-electron chi connectivity index (χ2n) is 5.64. The highest BCUT2D eigenvalue weighted by molar-refractivity contribution is 7.17. The number of thiophene rings is 1. The summed E-state index contributed by atoms with van der Waals surface area (Å²) in [5.74, 6) is 1.16. The van der Waals surface area contributed by atoms with Crippen molar-refractivity contribution in [2.45, 2.75) is 19.3 Å². The summed E-state index contributed by atoms with van der Waals surface area (Å²) in [5.41, 5.74) is 5.58. The summed E-state index contributed by atoms with van der Waals surface area (Å²) < 4.78 is 1.34. The van der Waals surface area contributed by atoms with Crippen LogP contribution in [-0.2, 0) is 0 Å². The lowest BCUT2D eigenvalue weighted by molar-refractivity contribution is 0.288. The molecule has 4 nitrogen and oxygen atoms in total. The molecule has 0 aromatic carbocycles. The van der Waals surface area contributed by atoms with Crippen LogP contribution in [0.2, 0.25) is 0 Å². The molecule has 5 heteroatoms. The van der Waals surface area contributed by atoms with E-state index in [9.17, 15) is 0 Å². The van der Waals surface area contributed by atoms with Gasteiger partial charge >= 0.3 is 0 Å². The summed E-state index contributed by atoms with van der Waals surface area (Å²) in [5, 5.41) is 3.46. The summed E-state index contributed by atoms with van der Waals surface area (Å²) in [6, 6.07) is 4.31. The van der Waals surface area contributed by atoms with Gasteiger partial charge in [-0.25, -0.2) is 4.98 Å². The molecule has 0 radical (unpaired) electrons. The molecule has 1 saturated heterocycles. The zero-order valence-corrected chi connectivity index (χ0v) is 13.3. The first-order valence-corrected chi connectivity index (χ1v) is 8.76. The Morgan fingerprint density at radius 2 is 2.10 bits per heavy atom. The largest absolute Gasteiger partial charge is 0.355 e. The van der Waals surface area contributed by atoms with Crippen LogP contribution in [0.1, 0.15) is 19.3 Å². The highest BCUT2D eigenvalue weighted by Gasteiger charge is 2.17. The summed E-state index contributed by atoms with van der Waals surface area (Å²) in [7, 11) is 0. The molecule has 114 valence electrons. The zero-order chi connectivity index (χ0) is 14.5. The maximum atomic E-state index is 5.58. The average molecular weight is 304 g/mol. The monoisotopic (exact) mass is 304 g/mol. The van der Waals surface area contributed by atoms with Gasteiger partial charge in [0.2, 0.25) is 0 Å². The topological polar surface area (TPSA) is 45.4 Å². The van der Waals surface area contributed by atoms with Crippen LogP contribution >= 0.6 is 11.3 Å². The summed E-state index contributed by atoms with van der Waals surface area (Å²) >= 11 is 1.80. The standard InChI is InChI=1S/C16H24N4S/c17-6-1-2-8-19-9-3-10-20(12-11-19)16-14-5-13-21-15(14)4-7-18-16/h4-5,7,13H,1-3,6,8-12,17H2. The number of aromatic nitrogens is 1. The van der Waals surface area contributed by atoms with Gasteiger partial charge in [-0.15, -0.1) is 11.3 Å². The van der Waals surface area contributed by atoms with Crippen molar-refractivity contribution in [3.05, 3.63) is 23.7 Å². The van der Waals surface area contributed by atoms with Crippen molar-refractivity contribution in [3.63, 3.8) is 0 Å². The van der Waals surface area contributed by atoms with Gasteiger partial charge in [0.25, 0.3) is 0 Å². The molecule has 0 unspecified atom stereocenters. The number of unbranched alkanes of at least 4 members (excludes halogenated alkanes) is 1. The Labute approximate surface area is 130 Å². The highest BCUT2D eigenvalue weighted by Crippen LogP contribution is 2.28. The first-order valence-electron chi connectivity index (χ1n) is 7.88. The molecule has 1 aliphatic rings. The SMILES string of the molecule is NCCCCN1CCCN(c2nccc3sccc23)CC1. The zero-order valence-electron chi connectivity index (χ0n) is 12.5. The Kier molecular flexibility index (Phi) is 5.06. The van der Waals surface area contributed by atoms with E-state index in [1.54, 1.807) is 11.3 Å². The lowest BCUT2D eigenvalue weighted by atomic mass is 10.3. The number of hydrogen-bond donors (Lipinski definition) is 1. The molecule has 2 aromatic heterocycles. The minimum atomic E-state index is 0.810. The van der Waals surface area contributed by atoms with E-state index in [2.05, 4.69) is 32.3 Å². The maximum absolute atomic E-state index is 5.58. The van der Waals surface area contributed by atoms with E-state index in [0.29, 0.717) is 0 Å². The molecule has 0 amide bonds. The van der Waals surface area contributed by atoms with E-state index in [1.807, 2.05) is 6.20 Å². The summed E-state index contributed by atoms with van der Waals surface area (Å²) in [4.78, 5) is 9.67. The number of anilines is 1. The van der Waals surface area contributed by atoms with Crippen molar-refractivity contribution in [2.24, 2.45) is 5.73 Å². The van der Waals surface area contributed by atoms with Gasteiger partial charge in [0, 0.05) is 35.9 Å². The Morgan fingerprint density at radius 3 is 3.00 bits per heavy atom. The minimum Gasteiger partial charge on any atom is -0.355 e. The smallest absolute Gasteiger partial charge is 0.137 e. The van der Waals surface area contributed by atoms with Crippen LogP contribution in [0.15, 0.2) is 23.7 Å². The van der Waals surface area contributed by atoms with E-state index in [-0.39, 0.29) is 0 Å². The van der Waals surface area contributed by atoms with E-state index in [1.165, 1.54) is 36.0 Å². The molecule has 0 bridgehead atoms. The first-order chi connectivity index (χ1) is 10.4. The normalized spacial score (nSPS) is 17.3. The van der Waals surface area contributed by atoms with Gasteiger partial charge in [0.05, 0.1) is 0 Å². The average Bonchev–Trinajstić information content (AvgIpc) is 2.87. The molecule has 3 heterocycles. The van der Waals surface area contributed by atoms with Gasteiger partial charge < -0.3 is 15.5 Å². The van der Waals surface area contributed by atoms with E-state index >= 15 is 0 Å². The molecule has 0 atom stereocenters. The molecule has 0 aliphatic carbocycles. The lowest BCUT2D eigenvalue weighted by Gasteiger charge is -2.23. The third-order valence-corrected chi connectivity index (χ3v) is 5.06. The number of fused-ring (bicyclic) bond motifs is 1. The molecular weight excluding hydrogens is 280 g/mol. The number of hydrogen-bond acceptors (Lipinski definition) is 5. The molecule has 21 heavy (non-hydrogen) atoms. The predicted molar refractivity (Wildman–Crippen MR) is 91.2 cm³/mol.